The van der Waals surface area contributed by atoms with Gasteiger partial charge in [-0.1, -0.05) is 18.2 Å². The van der Waals surface area contributed by atoms with Crippen LogP contribution in [0.4, 0.5) is 5.69 Å². The molecule has 0 bridgehead atoms. The van der Waals surface area contributed by atoms with Gasteiger partial charge in [-0.25, -0.2) is 0 Å². The first-order chi connectivity index (χ1) is 8.16. The van der Waals surface area contributed by atoms with Gasteiger partial charge in [0.25, 0.3) is 0 Å². The first-order valence-corrected chi connectivity index (χ1v) is 5.30. The molecule has 0 aliphatic heterocycles. The molecule has 0 aliphatic rings. The number of para-hydroxylation sites is 1. The number of carbonyl (C=O) groups is 1. The molecule has 0 unspecified atom stereocenters. The van der Waals surface area contributed by atoms with Crippen LogP contribution in [0.1, 0.15) is 17.3 Å². The first-order valence-electron chi connectivity index (χ1n) is 5.30. The van der Waals surface area contributed by atoms with Crippen LogP contribution >= 0.6 is 0 Å². The predicted octanol–water partition coefficient (Wildman–Crippen LogP) is 3.26. The zero-order valence-corrected chi connectivity index (χ0v) is 9.51. The van der Waals surface area contributed by atoms with Gasteiger partial charge in [0, 0.05) is 17.3 Å². The van der Waals surface area contributed by atoms with Crippen molar-refractivity contribution in [3.8, 4) is 11.5 Å². The molecule has 0 amide bonds. The molecule has 3 heteroatoms. The Morgan fingerprint density at radius 1 is 1.06 bits per heavy atom. The zero-order valence-electron chi connectivity index (χ0n) is 9.51. The average Bonchev–Trinajstić information content (AvgIpc) is 2.30. The average molecular weight is 227 g/mol. The van der Waals surface area contributed by atoms with Gasteiger partial charge in [0.15, 0.2) is 5.78 Å². The van der Waals surface area contributed by atoms with Crippen LogP contribution in [0.5, 0.6) is 11.5 Å². The van der Waals surface area contributed by atoms with Crippen LogP contribution in [0.2, 0.25) is 0 Å². The summed E-state index contributed by atoms with van der Waals surface area (Å²) in [5.41, 5.74) is 6.73. The van der Waals surface area contributed by atoms with Crippen molar-refractivity contribution in [3.05, 3.63) is 54.1 Å². The number of ketones is 1. The Hall–Kier alpha value is -2.29. The summed E-state index contributed by atoms with van der Waals surface area (Å²) in [7, 11) is 0. The molecule has 0 radical (unpaired) electrons. The zero-order chi connectivity index (χ0) is 12.3. The second kappa shape index (κ2) is 4.70. The highest BCUT2D eigenvalue weighted by Gasteiger charge is 2.06. The van der Waals surface area contributed by atoms with Gasteiger partial charge in [0.1, 0.15) is 11.5 Å². The second-order valence-electron chi connectivity index (χ2n) is 3.72. The van der Waals surface area contributed by atoms with E-state index in [1.54, 1.807) is 18.2 Å². The van der Waals surface area contributed by atoms with Crippen LogP contribution in [-0.2, 0) is 0 Å². The molecule has 0 aromatic heterocycles. The molecule has 17 heavy (non-hydrogen) atoms. The van der Waals surface area contributed by atoms with Crippen molar-refractivity contribution in [2.75, 3.05) is 5.73 Å². The van der Waals surface area contributed by atoms with Crippen molar-refractivity contribution in [2.45, 2.75) is 6.92 Å². The summed E-state index contributed by atoms with van der Waals surface area (Å²) in [5.74, 6) is 1.31. The Morgan fingerprint density at radius 2 is 1.76 bits per heavy atom. The number of anilines is 1. The van der Waals surface area contributed by atoms with E-state index in [2.05, 4.69) is 0 Å². The van der Waals surface area contributed by atoms with Gasteiger partial charge in [-0.15, -0.1) is 0 Å². The van der Waals surface area contributed by atoms with Crippen molar-refractivity contribution in [2.24, 2.45) is 0 Å². The molecular formula is C14H13NO2. The lowest BCUT2D eigenvalue weighted by Crippen LogP contribution is -1.99. The van der Waals surface area contributed by atoms with E-state index in [4.69, 9.17) is 10.5 Å². The number of ether oxygens (including phenoxy) is 1. The van der Waals surface area contributed by atoms with Gasteiger partial charge in [-0.2, -0.15) is 0 Å². The number of hydrogen-bond acceptors (Lipinski definition) is 3. The highest BCUT2D eigenvalue weighted by Crippen LogP contribution is 2.25. The molecule has 3 nitrogen and oxygen atoms in total. The van der Waals surface area contributed by atoms with Gasteiger partial charge in [-0.05, 0) is 31.2 Å². The summed E-state index contributed by atoms with van der Waals surface area (Å²) in [6.07, 6.45) is 0. The van der Waals surface area contributed by atoms with E-state index in [1.807, 2.05) is 30.3 Å². The van der Waals surface area contributed by atoms with E-state index < -0.39 is 0 Å². The fourth-order valence-electron chi connectivity index (χ4n) is 1.55. The summed E-state index contributed by atoms with van der Waals surface area (Å²) in [6, 6.07) is 14.5. The Kier molecular flexibility index (Phi) is 3.10. The largest absolute Gasteiger partial charge is 0.457 e. The standard InChI is InChI=1S/C14H13NO2/c1-10(16)13-8-7-12(9-14(13)15)17-11-5-3-2-4-6-11/h2-9H,15H2,1H3. The predicted molar refractivity (Wildman–Crippen MR) is 67.4 cm³/mol. The first kappa shape index (κ1) is 11.2. The topological polar surface area (TPSA) is 52.3 Å². The number of nitrogen functional groups attached to an aromatic ring is 1. The van der Waals surface area contributed by atoms with Crippen LogP contribution in [0, 0.1) is 0 Å². The third-order valence-corrected chi connectivity index (χ3v) is 2.38. The quantitative estimate of drug-likeness (QED) is 0.646. The minimum absolute atomic E-state index is 0.0474. The second-order valence-corrected chi connectivity index (χ2v) is 3.72. The number of carbonyl (C=O) groups excluding carboxylic acids is 1. The lowest BCUT2D eigenvalue weighted by Gasteiger charge is -2.08. The number of benzene rings is 2. The van der Waals surface area contributed by atoms with Gasteiger partial charge >= 0.3 is 0 Å². The maximum atomic E-state index is 11.2. The minimum Gasteiger partial charge on any atom is -0.457 e. The summed E-state index contributed by atoms with van der Waals surface area (Å²) < 4.78 is 5.60. The van der Waals surface area contributed by atoms with E-state index in [0.29, 0.717) is 17.0 Å². The van der Waals surface area contributed by atoms with Gasteiger partial charge in [-0.3, -0.25) is 4.79 Å². The van der Waals surface area contributed by atoms with Crippen molar-refractivity contribution < 1.29 is 9.53 Å². The number of rotatable bonds is 3. The molecule has 86 valence electrons. The lowest BCUT2D eigenvalue weighted by molar-refractivity contribution is 0.101. The molecule has 0 aliphatic carbocycles. The highest BCUT2D eigenvalue weighted by atomic mass is 16.5. The van der Waals surface area contributed by atoms with Crippen molar-refractivity contribution in [3.63, 3.8) is 0 Å². The third-order valence-electron chi connectivity index (χ3n) is 2.38. The number of nitrogens with two attached hydrogens (primary N) is 1. The van der Waals surface area contributed by atoms with Gasteiger partial charge in [0.2, 0.25) is 0 Å². The lowest BCUT2D eigenvalue weighted by atomic mass is 10.1. The summed E-state index contributed by atoms with van der Waals surface area (Å²) in [6.45, 7) is 1.49. The third kappa shape index (κ3) is 2.64. The molecule has 0 atom stereocenters. The Bertz CT molecular complexity index is 535. The monoisotopic (exact) mass is 227 g/mol. The molecule has 0 heterocycles. The van der Waals surface area contributed by atoms with Crippen LogP contribution in [-0.4, -0.2) is 5.78 Å². The van der Waals surface area contributed by atoms with Crippen molar-refractivity contribution >= 4 is 11.5 Å². The molecule has 0 saturated heterocycles. The highest BCUT2D eigenvalue weighted by molar-refractivity contribution is 5.99. The molecule has 2 aromatic carbocycles. The Balaban J connectivity index is 2.24. The molecule has 2 rings (SSSR count). The molecule has 0 fully saturated rings. The van der Waals surface area contributed by atoms with Crippen LogP contribution in [0.3, 0.4) is 0 Å². The van der Waals surface area contributed by atoms with E-state index in [9.17, 15) is 4.79 Å². The van der Waals surface area contributed by atoms with E-state index in [0.717, 1.165) is 5.75 Å². The van der Waals surface area contributed by atoms with Crippen LogP contribution in [0.15, 0.2) is 48.5 Å². The van der Waals surface area contributed by atoms with E-state index in [-0.39, 0.29) is 5.78 Å². The summed E-state index contributed by atoms with van der Waals surface area (Å²) in [4.78, 5) is 11.2. The van der Waals surface area contributed by atoms with Crippen LogP contribution < -0.4 is 10.5 Å². The summed E-state index contributed by atoms with van der Waals surface area (Å²) >= 11 is 0. The van der Waals surface area contributed by atoms with E-state index in [1.165, 1.54) is 6.92 Å². The number of Topliss-reactive ketones (excluding diaryl/α,β-unsaturated/α-hetero) is 1. The van der Waals surface area contributed by atoms with Crippen LogP contribution in [0.25, 0.3) is 0 Å². The molecular weight excluding hydrogens is 214 g/mol. The Labute approximate surface area is 99.8 Å². The fourth-order valence-corrected chi connectivity index (χ4v) is 1.55. The van der Waals surface area contributed by atoms with Gasteiger partial charge < -0.3 is 10.5 Å². The van der Waals surface area contributed by atoms with Crippen molar-refractivity contribution in [1.29, 1.82) is 0 Å². The maximum absolute atomic E-state index is 11.2. The summed E-state index contributed by atoms with van der Waals surface area (Å²) in [5, 5.41) is 0. The molecule has 0 saturated carbocycles. The minimum atomic E-state index is -0.0474. The Morgan fingerprint density at radius 3 is 2.35 bits per heavy atom. The normalized spacial score (nSPS) is 9.94. The SMILES string of the molecule is CC(=O)c1ccc(Oc2ccccc2)cc1N. The van der Waals surface area contributed by atoms with Gasteiger partial charge in [0.05, 0.1) is 0 Å². The molecule has 2 N–H and O–H groups in total. The number of hydrogen-bond donors (Lipinski definition) is 1. The van der Waals surface area contributed by atoms with Crippen molar-refractivity contribution in [1.82, 2.24) is 0 Å². The molecule has 2 aromatic rings. The maximum Gasteiger partial charge on any atom is 0.161 e. The van der Waals surface area contributed by atoms with E-state index >= 15 is 0 Å². The fraction of sp³-hybridized carbons (Fsp3) is 0.0714. The smallest absolute Gasteiger partial charge is 0.161 e. The molecule has 0 spiro atoms.